The summed E-state index contributed by atoms with van der Waals surface area (Å²) in [7, 11) is 0. The Morgan fingerprint density at radius 2 is 1.69 bits per heavy atom. The van der Waals surface area contributed by atoms with E-state index in [2.05, 4.69) is 10.6 Å². The first-order chi connectivity index (χ1) is 15.4. The fraction of sp³-hybridized carbons (Fsp3) is 0.348. The Labute approximate surface area is 185 Å². The lowest BCUT2D eigenvalue weighted by Crippen LogP contribution is -2.51. The van der Waals surface area contributed by atoms with Crippen LogP contribution in [0.1, 0.15) is 24.0 Å². The zero-order valence-corrected chi connectivity index (χ0v) is 17.5. The van der Waals surface area contributed by atoms with Crippen molar-refractivity contribution >= 4 is 17.8 Å². The average molecular weight is 442 g/mol. The molecule has 2 aromatic rings. The predicted molar refractivity (Wildman–Crippen MR) is 115 cm³/mol. The molecule has 1 amide bonds. The summed E-state index contributed by atoms with van der Waals surface area (Å²) in [5, 5.41) is 24.1. The van der Waals surface area contributed by atoms with Crippen LogP contribution in [-0.4, -0.2) is 53.5 Å². The summed E-state index contributed by atoms with van der Waals surface area (Å²) < 4.78 is 10.6. The second kappa shape index (κ2) is 11.1. The van der Waals surface area contributed by atoms with E-state index in [9.17, 15) is 24.6 Å². The molecular weight excluding hydrogens is 416 g/mol. The largest absolute Gasteiger partial charge is 0.481 e. The summed E-state index contributed by atoms with van der Waals surface area (Å²) in [6, 6.07) is 12.4. The van der Waals surface area contributed by atoms with Gasteiger partial charge in [0.25, 0.3) is 0 Å². The van der Waals surface area contributed by atoms with E-state index in [0.717, 1.165) is 11.1 Å². The van der Waals surface area contributed by atoms with Crippen LogP contribution < -0.4 is 20.1 Å². The quantitative estimate of drug-likeness (QED) is 0.364. The van der Waals surface area contributed by atoms with E-state index in [1.807, 2.05) is 24.3 Å². The van der Waals surface area contributed by atoms with Crippen LogP contribution in [0.25, 0.3) is 0 Å². The van der Waals surface area contributed by atoms with E-state index in [1.165, 1.54) is 0 Å². The fourth-order valence-electron chi connectivity index (χ4n) is 3.42. The van der Waals surface area contributed by atoms with E-state index in [-0.39, 0.29) is 13.2 Å². The van der Waals surface area contributed by atoms with Gasteiger partial charge in [0.1, 0.15) is 6.04 Å². The SMILES string of the molecule is O=C(O)C[C@H](NCCCc1ccc2c(c1)OCO2)C(=O)N[C@@H](Cc1ccccc1)C(=O)O. The summed E-state index contributed by atoms with van der Waals surface area (Å²) in [6.07, 6.45) is 0.992. The van der Waals surface area contributed by atoms with Gasteiger partial charge < -0.3 is 30.3 Å². The molecule has 170 valence electrons. The maximum Gasteiger partial charge on any atom is 0.326 e. The van der Waals surface area contributed by atoms with Gasteiger partial charge in [0.05, 0.1) is 12.5 Å². The number of carbonyl (C=O) groups excluding carboxylic acids is 1. The Hall–Kier alpha value is -3.59. The van der Waals surface area contributed by atoms with Crippen LogP contribution in [0.4, 0.5) is 0 Å². The fourth-order valence-corrected chi connectivity index (χ4v) is 3.42. The molecular formula is C23H26N2O7. The Balaban J connectivity index is 1.52. The normalized spacial score (nSPS) is 13.9. The number of rotatable bonds is 12. The molecule has 4 N–H and O–H groups in total. The number of nitrogens with one attached hydrogen (secondary N) is 2. The van der Waals surface area contributed by atoms with Gasteiger partial charge in [0.2, 0.25) is 12.7 Å². The number of benzene rings is 2. The topological polar surface area (TPSA) is 134 Å². The van der Waals surface area contributed by atoms with Crippen molar-refractivity contribution in [2.24, 2.45) is 0 Å². The van der Waals surface area contributed by atoms with Gasteiger partial charge >= 0.3 is 11.9 Å². The van der Waals surface area contributed by atoms with Crippen molar-refractivity contribution in [3.8, 4) is 11.5 Å². The Bertz CT molecular complexity index is 949. The minimum atomic E-state index is -1.18. The second-order valence-corrected chi connectivity index (χ2v) is 7.48. The van der Waals surface area contributed by atoms with Gasteiger partial charge in [-0.2, -0.15) is 0 Å². The van der Waals surface area contributed by atoms with Crippen LogP contribution in [0.15, 0.2) is 48.5 Å². The molecule has 0 fully saturated rings. The standard InChI is InChI=1S/C23H26N2O7/c26-21(27)13-17(22(28)25-18(23(29)30)11-15-5-2-1-3-6-15)24-10-4-7-16-8-9-19-20(12-16)32-14-31-19/h1-3,5-6,8-9,12,17-18,24H,4,7,10-11,13-14H2,(H,25,28)(H,26,27)(H,29,30)/t17-,18-/m0/s1. The van der Waals surface area contributed by atoms with Crippen LogP contribution in [0.2, 0.25) is 0 Å². The van der Waals surface area contributed by atoms with Crippen LogP contribution in [0, 0.1) is 0 Å². The first kappa shape index (κ1) is 23.1. The van der Waals surface area contributed by atoms with E-state index < -0.39 is 36.4 Å². The Morgan fingerprint density at radius 3 is 2.41 bits per heavy atom. The van der Waals surface area contributed by atoms with Crippen molar-refractivity contribution < 1.29 is 34.1 Å². The molecule has 0 unspecified atom stereocenters. The van der Waals surface area contributed by atoms with E-state index >= 15 is 0 Å². The lowest BCUT2D eigenvalue weighted by atomic mass is 10.0. The van der Waals surface area contributed by atoms with Gasteiger partial charge in [-0.25, -0.2) is 4.79 Å². The van der Waals surface area contributed by atoms with Gasteiger partial charge in [0, 0.05) is 6.42 Å². The summed E-state index contributed by atoms with van der Waals surface area (Å²) in [6.45, 7) is 0.587. The number of amides is 1. The summed E-state index contributed by atoms with van der Waals surface area (Å²) >= 11 is 0. The molecule has 1 aliphatic rings. The minimum Gasteiger partial charge on any atom is -0.481 e. The number of hydrogen-bond donors (Lipinski definition) is 4. The van der Waals surface area contributed by atoms with Crippen LogP contribution in [-0.2, 0) is 27.2 Å². The number of fused-ring (bicyclic) bond motifs is 1. The molecule has 0 bridgehead atoms. The second-order valence-electron chi connectivity index (χ2n) is 7.48. The highest BCUT2D eigenvalue weighted by atomic mass is 16.7. The number of carbonyl (C=O) groups is 3. The van der Waals surface area contributed by atoms with Crippen LogP contribution in [0.3, 0.4) is 0 Å². The lowest BCUT2D eigenvalue weighted by Gasteiger charge is -2.20. The molecule has 3 rings (SSSR count). The number of aryl methyl sites for hydroxylation is 1. The van der Waals surface area contributed by atoms with Crippen molar-refractivity contribution in [1.29, 1.82) is 0 Å². The molecule has 1 aliphatic heterocycles. The molecule has 0 aliphatic carbocycles. The molecule has 0 aromatic heterocycles. The van der Waals surface area contributed by atoms with Gasteiger partial charge in [-0.3, -0.25) is 9.59 Å². The van der Waals surface area contributed by atoms with Gasteiger partial charge in [-0.05, 0) is 42.6 Å². The zero-order chi connectivity index (χ0) is 22.9. The van der Waals surface area contributed by atoms with Crippen LogP contribution >= 0.6 is 0 Å². The highest BCUT2D eigenvalue weighted by molar-refractivity contribution is 5.89. The third-order valence-electron chi connectivity index (χ3n) is 5.06. The Morgan fingerprint density at radius 1 is 0.938 bits per heavy atom. The molecule has 2 aromatic carbocycles. The number of ether oxygens (including phenoxy) is 2. The first-order valence-corrected chi connectivity index (χ1v) is 10.3. The molecule has 0 spiro atoms. The predicted octanol–water partition coefficient (Wildman–Crippen LogP) is 1.59. The average Bonchev–Trinajstić information content (AvgIpc) is 3.23. The molecule has 9 nitrogen and oxygen atoms in total. The van der Waals surface area contributed by atoms with Crippen molar-refractivity contribution in [2.45, 2.75) is 37.8 Å². The lowest BCUT2D eigenvalue weighted by molar-refractivity contribution is -0.143. The number of aliphatic carboxylic acids is 2. The summed E-state index contributed by atoms with van der Waals surface area (Å²) in [5.41, 5.74) is 1.79. The van der Waals surface area contributed by atoms with Gasteiger partial charge in [0.15, 0.2) is 11.5 Å². The minimum absolute atomic E-state index is 0.103. The highest BCUT2D eigenvalue weighted by Crippen LogP contribution is 2.32. The number of carboxylic acids is 2. The number of hydrogen-bond acceptors (Lipinski definition) is 6. The van der Waals surface area contributed by atoms with E-state index in [4.69, 9.17) is 9.47 Å². The Kier molecular flexibility index (Phi) is 8.04. The molecule has 0 saturated carbocycles. The van der Waals surface area contributed by atoms with Crippen LogP contribution in [0.5, 0.6) is 11.5 Å². The van der Waals surface area contributed by atoms with Crippen molar-refractivity contribution in [3.05, 3.63) is 59.7 Å². The molecule has 1 heterocycles. The first-order valence-electron chi connectivity index (χ1n) is 10.3. The molecule has 2 atom stereocenters. The van der Waals surface area contributed by atoms with Crippen molar-refractivity contribution in [1.82, 2.24) is 10.6 Å². The zero-order valence-electron chi connectivity index (χ0n) is 17.5. The van der Waals surface area contributed by atoms with Gasteiger partial charge in [-0.1, -0.05) is 36.4 Å². The maximum absolute atomic E-state index is 12.6. The molecule has 9 heteroatoms. The van der Waals surface area contributed by atoms with E-state index in [1.54, 1.807) is 24.3 Å². The molecule has 0 radical (unpaired) electrons. The highest BCUT2D eigenvalue weighted by Gasteiger charge is 2.27. The van der Waals surface area contributed by atoms with Crippen molar-refractivity contribution in [3.63, 3.8) is 0 Å². The summed E-state index contributed by atoms with van der Waals surface area (Å²) in [5.74, 6) is -1.59. The monoisotopic (exact) mass is 442 g/mol. The molecule has 0 saturated heterocycles. The van der Waals surface area contributed by atoms with E-state index in [0.29, 0.717) is 30.9 Å². The maximum atomic E-state index is 12.6. The third-order valence-corrected chi connectivity index (χ3v) is 5.06. The van der Waals surface area contributed by atoms with Gasteiger partial charge in [-0.15, -0.1) is 0 Å². The molecule has 32 heavy (non-hydrogen) atoms. The van der Waals surface area contributed by atoms with Crippen molar-refractivity contribution in [2.75, 3.05) is 13.3 Å². The third kappa shape index (κ3) is 6.71. The smallest absolute Gasteiger partial charge is 0.326 e. The number of carboxylic acid groups (broad SMARTS) is 2. The summed E-state index contributed by atoms with van der Waals surface area (Å²) in [4.78, 5) is 35.5.